The Labute approximate surface area is 124 Å². The van der Waals surface area contributed by atoms with E-state index in [4.69, 9.17) is 15.2 Å². The molecule has 0 heterocycles. The molecular weight excluding hydrogens is 272 g/mol. The van der Waals surface area contributed by atoms with Crippen LogP contribution in [0.2, 0.25) is 0 Å². The fourth-order valence-corrected chi connectivity index (χ4v) is 1.68. The van der Waals surface area contributed by atoms with Crippen LogP contribution in [0.3, 0.4) is 0 Å². The van der Waals surface area contributed by atoms with Gasteiger partial charge in [-0.3, -0.25) is 10.1 Å². The summed E-state index contributed by atoms with van der Waals surface area (Å²) in [6.07, 6.45) is -0.424. The molecule has 0 fully saturated rings. The van der Waals surface area contributed by atoms with Gasteiger partial charge in [-0.15, -0.1) is 0 Å². The molecule has 0 bridgehead atoms. The summed E-state index contributed by atoms with van der Waals surface area (Å²) < 4.78 is 10.3. The van der Waals surface area contributed by atoms with Gasteiger partial charge in [0.2, 0.25) is 0 Å². The van der Waals surface area contributed by atoms with E-state index in [1.807, 2.05) is 0 Å². The van der Waals surface area contributed by atoms with Crippen molar-refractivity contribution in [3.63, 3.8) is 0 Å². The summed E-state index contributed by atoms with van der Waals surface area (Å²) >= 11 is 0. The zero-order chi connectivity index (χ0) is 16.0. The van der Waals surface area contributed by atoms with Gasteiger partial charge in [0.1, 0.15) is 11.4 Å². The third-order valence-corrected chi connectivity index (χ3v) is 2.53. The van der Waals surface area contributed by atoms with Gasteiger partial charge in [-0.2, -0.15) is 0 Å². The lowest BCUT2D eigenvalue weighted by molar-refractivity contribution is 0.0636. The van der Waals surface area contributed by atoms with E-state index < -0.39 is 11.7 Å². The fraction of sp³-hybridized carbons (Fsp3) is 0.467. The lowest BCUT2D eigenvalue weighted by Crippen LogP contribution is -2.27. The zero-order valence-electron chi connectivity index (χ0n) is 12.9. The molecule has 116 valence electrons. The second-order valence-corrected chi connectivity index (χ2v) is 5.50. The number of hydrogen-bond donors (Lipinski definition) is 2. The predicted octanol–water partition coefficient (Wildman–Crippen LogP) is 2.57. The first-order chi connectivity index (χ1) is 9.76. The Morgan fingerprint density at radius 3 is 2.48 bits per heavy atom. The van der Waals surface area contributed by atoms with E-state index in [0.29, 0.717) is 17.0 Å². The number of benzene rings is 1. The Morgan fingerprint density at radius 1 is 1.29 bits per heavy atom. The van der Waals surface area contributed by atoms with Crippen molar-refractivity contribution in [1.82, 2.24) is 0 Å². The van der Waals surface area contributed by atoms with Crippen LogP contribution in [-0.2, 0) is 4.74 Å². The Kier molecular flexibility index (Phi) is 5.72. The molecule has 0 saturated heterocycles. The van der Waals surface area contributed by atoms with Crippen molar-refractivity contribution in [2.24, 2.45) is 5.73 Å². The van der Waals surface area contributed by atoms with Crippen LogP contribution in [0.15, 0.2) is 18.2 Å². The van der Waals surface area contributed by atoms with E-state index in [1.54, 1.807) is 39.0 Å². The summed E-state index contributed by atoms with van der Waals surface area (Å²) in [6, 6.07) is 4.83. The van der Waals surface area contributed by atoms with Crippen molar-refractivity contribution in [3.8, 4) is 5.75 Å². The number of carbonyl (C=O) groups excluding carboxylic acids is 2. The molecule has 21 heavy (non-hydrogen) atoms. The smallest absolute Gasteiger partial charge is 0.412 e. The summed E-state index contributed by atoms with van der Waals surface area (Å²) in [5.74, 6) is 0.386. The molecular formula is C15H22N2O4. The number of hydrogen-bond acceptors (Lipinski definition) is 5. The molecule has 6 heteroatoms. The molecule has 0 aliphatic heterocycles. The van der Waals surface area contributed by atoms with Gasteiger partial charge in [-0.1, -0.05) is 0 Å². The summed E-state index contributed by atoms with van der Waals surface area (Å²) in [4.78, 5) is 23.9. The summed E-state index contributed by atoms with van der Waals surface area (Å²) in [5, 5.41) is 2.58. The third kappa shape index (κ3) is 5.43. The summed E-state index contributed by atoms with van der Waals surface area (Å²) in [6.45, 7) is 5.53. The predicted molar refractivity (Wildman–Crippen MR) is 80.9 cm³/mol. The van der Waals surface area contributed by atoms with E-state index in [1.165, 1.54) is 7.11 Å². The van der Waals surface area contributed by atoms with Crippen molar-refractivity contribution in [1.29, 1.82) is 0 Å². The molecule has 1 amide bonds. The van der Waals surface area contributed by atoms with Gasteiger partial charge in [-0.05, 0) is 39.4 Å². The van der Waals surface area contributed by atoms with Crippen molar-refractivity contribution >= 4 is 17.6 Å². The minimum Gasteiger partial charge on any atom is -0.497 e. The number of rotatable bonds is 5. The highest BCUT2D eigenvalue weighted by molar-refractivity contribution is 6.04. The van der Waals surface area contributed by atoms with Crippen LogP contribution in [0.25, 0.3) is 0 Å². The number of nitrogens with two attached hydrogens (primary N) is 1. The maximum atomic E-state index is 12.0. The highest BCUT2D eigenvalue weighted by Gasteiger charge is 2.19. The standard InChI is InChI=1S/C15H22N2O4/c1-15(2,3)21-14(19)17-12-9-10(20-4)5-6-11(12)13(18)7-8-16/h5-6,9H,7-8,16H2,1-4H3,(H,17,19). The van der Waals surface area contributed by atoms with Gasteiger partial charge in [0.15, 0.2) is 5.78 Å². The number of amides is 1. The second-order valence-electron chi connectivity index (χ2n) is 5.50. The lowest BCUT2D eigenvalue weighted by Gasteiger charge is -2.20. The fourth-order valence-electron chi connectivity index (χ4n) is 1.68. The Hall–Kier alpha value is -2.08. The van der Waals surface area contributed by atoms with Crippen molar-refractivity contribution < 1.29 is 19.1 Å². The molecule has 0 aliphatic carbocycles. The molecule has 1 aromatic rings. The molecule has 0 aromatic heterocycles. The van der Waals surface area contributed by atoms with E-state index in [2.05, 4.69) is 5.32 Å². The van der Waals surface area contributed by atoms with Crippen LogP contribution in [0, 0.1) is 0 Å². The number of anilines is 1. The topological polar surface area (TPSA) is 90.6 Å². The van der Waals surface area contributed by atoms with Crippen LogP contribution in [-0.4, -0.2) is 31.1 Å². The van der Waals surface area contributed by atoms with Crippen LogP contribution in [0.5, 0.6) is 5.75 Å². The van der Waals surface area contributed by atoms with E-state index in [0.717, 1.165) is 0 Å². The highest BCUT2D eigenvalue weighted by atomic mass is 16.6. The first-order valence-corrected chi connectivity index (χ1v) is 6.68. The van der Waals surface area contributed by atoms with Crippen molar-refractivity contribution in [2.45, 2.75) is 32.8 Å². The van der Waals surface area contributed by atoms with Gasteiger partial charge in [-0.25, -0.2) is 4.79 Å². The third-order valence-electron chi connectivity index (χ3n) is 2.53. The molecule has 3 N–H and O–H groups in total. The highest BCUT2D eigenvalue weighted by Crippen LogP contribution is 2.24. The summed E-state index contributed by atoms with van der Waals surface area (Å²) in [7, 11) is 1.51. The first-order valence-electron chi connectivity index (χ1n) is 6.68. The average molecular weight is 294 g/mol. The largest absolute Gasteiger partial charge is 0.497 e. The number of nitrogens with one attached hydrogen (secondary N) is 1. The van der Waals surface area contributed by atoms with Crippen molar-refractivity contribution in [3.05, 3.63) is 23.8 Å². The monoisotopic (exact) mass is 294 g/mol. The maximum absolute atomic E-state index is 12.0. The molecule has 0 radical (unpaired) electrons. The molecule has 0 unspecified atom stereocenters. The van der Waals surface area contributed by atoms with Crippen LogP contribution in [0.1, 0.15) is 37.6 Å². The molecule has 0 saturated carbocycles. The van der Waals surface area contributed by atoms with Crippen LogP contribution in [0.4, 0.5) is 10.5 Å². The Balaban J connectivity index is 3.01. The van der Waals surface area contributed by atoms with Gasteiger partial charge in [0, 0.05) is 18.1 Å². The molecule has 0 aliphatic rings. The van der Waals surface area contributed by atoms with Crippen LogP contribution >= 0.6 is 0 Å². The molecule has 1 aromatic carbocycles. The normalized spacial score (nSPS) is 10.9. The molecule has 1 rings (SSSR count). The summed E-state index contributed by atoms with van der Waals surface area (Å²) in [5.41, 5.74) is 5.51. The number of carbonyl (C=O) groups is 2. The zero-order valence-corrected chi connectivity index (χ0v) is 12.9. The van der Waals surface area contributed by atoms with Crippen LogP contribution < -0.4 is 15.8 Å². The van der Waals surface area contributed by atoms with Crippen molar-refractivity contribution in [2.75, 3.05) is 19.0 Å². The minimum absolute atomic E-state index is 0.147. The number of ketones is 1. The lowest BCUT2D eigenvalue weighted by atomic mass is 10.1. The van der Waals surface area contributed by atoms with E-state index >= 15 is 0 Å². The van der Waals surface area contributed by atoms with Gasteiger partial charge in [0.05, 0.1) is 12.8 Å². The van der Waals surface area contributed by atoms with E-state index in [9.17, 15) is 9.59 Å². The Bertz CT molecular complexity index is 521. The average Bonchev–Trinajstić information content (AvgIpc) is 2.36. The molecule has 6 nitrogen and oxygen atoms in total. The SMILES string of the molecule is COc1ccc(C(=O)CCN)c(NC(=O)OC(C)(C)C)c1. The second kappa shape index (κ2) is 7.08. The number of ether oxygens (including phenoxy) is 2. The number of Topliss-reactive ketones (excluding diaryl/α,β-unsaturated/α-hetero) is 1. The van der Waals surface area contributed by atoms with Gasteiger partial charge < -0.3 is 15.2 Å². The maximum Gasteiger partial charge on any atom is 0.412 e. The van der Waals surface area contributed by atoms with Gasteiger partial charge in [0.25, 0.3) is 0 Å². The molecule has 0 spiro atoms. The Morgan fingerprint density at radius 2 is 1.95 bits per heavy atom. The quantitative estimate of drug-likeness (QED) is 0.814. The minimum atomic E-state index is -0.627. The van der Waals surface area contributed by atoms with Gasteiger partial charge >= 0.3 is 6.09 Å². The van der Waals surface area contributed by atoms with E-state index in [-0.39, 0.29) is 18.7 Å². The number of methoxy groups -OCH3 is 1. The molecule has 0 atom stereocenters. The first kappa shape index (κ1) is 17.0.